The molecule has 3 N–H and O–H groups in total. The van der Waals surface area contributed by atoms with Crippen LogP contribution in [-0.4, -0.2) is 35.7 Å². The maximum absolute atomic E-state index is 12.8. The number of benzene rings is 2. The highest BCUT2D eigenvalue weighted by Crippen LogP contribution is 2.40. The van der Waals surface area contributed by atoms with Gasteiger partial charge in [0.1, 0.15) is 0 Å². The first-order valence-corrected chi connectivity index (χ1v) is 9.70. The average molecular weight is 399 g/mol. The molecule has 0 unspecified atom stereocenters. The van der Waals surface area contributed by atoms with Crippen molar-refractivity contribution in [3.8, 4) is 28.5 Å². The van der Waals surface area contributed by atoms with Gasteiger partial charge >= 0.3 is 11.3 Å². The van der Waals surface area contributed by atoms with Gasteiger partial charge in [0, 0.05) is 5.10 Å². The summed E-state index contributed by atoms with van der Waals surface area (Å²) in [6.45, 7) is 0. The molecule has 2 aromatic carbocycles. The lowest BCUT2D eigenvalue weighted by Crippen LogP contribution is -2.55. The second-order valence-corrected chi connectivity index (χ2v) is 6.92. The fourth-order valence-electron chi connectivity index (χ4n) is 3.28. The average Bonchev–Trinajstić information content (AvgIpc) is 2.72. The first-order chi connectivity index (χ1) is 13.6. The Morgan fingerprint density at radius 2 is 1.86 bits per heavy atom. The van der Waals surface area contributed by atoms with Crippen molar-refractivity contribution in [2.24, 2.45) is 0 Å². The Bertz CT molecular complexity index is 1090. The molecule has 4 rings (SSSR count). The number of ether oxygens (including phenoxy) is 2. The molecule has 2 heterocycles. The van der Waals surface area contributed by atoms with Crippen molar-refractivity contribution in [2.75, 3.05) is 25.8 Å². The molecule has 1 aromatic heterocycles. The van der Waals surface area contributed by atoms with Crippen molar-refractivity contribution in [1.82, 2.24) is 10.1 Å². The minimum Gasteiger partial charge on any atom is -0.502 e. The van der Waals surface area contributed by atoms with Gasteiger partial charge in [0.05, 0.1) is 31.0 Å². The number of thioether (sulfide) groups is 1. The second-order valence-electron chi connectivity index (χ2n) is 6.12. The monoisotopic (exact) mass is 399 g/mol. The number of aromatic nitrogens is 3. The third-order valence-corrected chi connectivity index (χ3v) is 5.16. The van der Waals surface area contributed by atoms with E-state index in [0.29, 0.717) is 10.9 Å². The number of para-hydroxylation sites is 1. The zero-order chi connectivity index (χ0) is 19.8. The summed E-state index contributed by atoms with van der Waals surface area (Å²) < 4.78 is 12.2. The highest BCUT2D eigenvalue weighted by Gasteiger charge is 2.38. The number of rotatable bonds is 4. The Balaban J connectivity index is 1.98. The number of H-pyrrole nitrogens is 1. The smallest absolute Gasteiger partial charge is 0.325 e. The lowest BCUT2D eigenvalue weighted by Gasteiger charge is -2.23. The van der Waals surface area contributed by atoms with Gasteiger partial charge in [-0.2, -0.15) is 0 Å². The van der Waals surface area contributed by atoms with Gasteiger partial charge in [0.25, 0.3) is 6.17 Å². The standard InChI is InChI=1S/C19H18N4O4S/c1-26-13-8-10(9-14(27-2)16(13)24)17-20-12-7-5-4-6-11(12)15-18(25)21-19(28-3)22-23(15)17/h4-9,17H,1-3H3,(H2,21,22,24,25)/p+1/t17-/m1/s1. The minimum atomic E-state index is -0.499. The molecular formula is C19H19N4O4S+. The van der Waals surface area contributed by atoms with Gasteiger partial charge in [-0.25, -0.2) is 0 Å². The Hall–Kier alpha value is -3.20. The van der Waals surface area contributed by atoms with Gasteiger partial charge in [0.15, 0.2) is 11.5 Å². The van der Waals surface area contributed by atoms with E-state index in [9.17, 15) is 9.90 Å². The van der Waals surface area contributed by atoms with Crippen LogP contribution in [0.25, 0.3) is 11.3 Å². The zero-order valence-corrected chi connectivity index (χ0v) is 16.3. The molecule has 144 valence electrons. The van der Waals surface area contributed by atoms with E-state index in [1.807, 2.05) is 30.5 Å². The van der Waals surface area contributed by atoms with E-state index >= 15 is 0 Å². The van der Waals surface area contributed by atoms with Crippen LogP contribution in [-0.2, 0) is 0 Å². The molecule has 0 saturated heterocycles. The fourth-order valence-corrected chi connectivity index (χ4v) is 3.64. The molecule has 0 fully saturated rings. The van der Waals surface area contributed by atoms with Crippen molar-refractivity contribution in [3.05, 3.63) is 52.3 Å². The van der Waals surface area contributed by atoms with E-state index < -0.39 is 6.17 Å². The van der Waals surface area contributed by atoms with Crippen LogP contribution in [0.3, 0.4) is 0 Å². The van der Waals surface area contributed by atoms with E-state index in [4.69, 9.17) is 9.47 Å². The van der Waals surface area contributed by atoms with E-state index in [2.05, 4.69) is 15.4 Å². The highest BCUT2D eigenvalue weighted by molar-refractivity contribution is 7.98. The number of fused-ring (bicyclic) bond motifs is 3. The molecule has 28 heavy (non-hydrogen) atoms. The number of aromatic hydroxyl groups is 1. The highest BCUT2D eigenvalue weighted by atomic mass is 32.2. The number of hydrogen-bond acceptors (Lipinski definition) is 7. The number of phenolic OH excluding ortho intramolecular Hbond substituents is 1. The van der Waals surface area contributed by atoms with Crippen LogP contribution < -0.4 is 25.0 Å². The second kappa shape index (κ2) is 7.08. The Kier molecular flexibility index (Phi) is 4.60. The molecule has 0 spiro atoms. The fraction of sp³-hybridized carbons (Fsp3) is 0.211. The van der Waals surface area contributed by atoms with Crippen molar-refractivity contribution in [1.29, 1.82) is 0 Å². The number of nitrogens with one attached hydrogen (secondary N) is 2. The topological polar surface area (TPSA) is 100 Å². The number of aromatic amines is 1. The van der Waals surface area contributed by atoms with E-state index in [-0.39, 0.29) is 22.8 Å². The molecule has 0 aliphatic carbocycles. The molecule has 8 nitrogen and oxygen atoms in total. The van der Waals surface area contributed by atoms with Gasteiger partial charge in [0.2, 0.25) is 10.9 Å². The molecule has 1 aliphatic rings. The zero-order valence-electron chi connectivity index (χ0n) is 15.5. The minimum absolute atomic E-state index is 0.0844. The van der Waals surface area contributed by atoms with Crippen LogP contribution in [0.15, 0.2) is 46.3 Å². The molecule has 1 atom stereocenters. The quantitative estimate of drug-likeness (QED) is 0.456. The van der Waals surface area contributed by atoms with E-state index in [1.165, 1.54) is 26.0 Å². The van der Waals surface area contributed by atoms with Gasteiger partial charge in [-0.1, -0.05) is 23.9 Å². The number of nitrogens with zero attached hydrogens (tertiary/aromatic N) is 2. The lowest BCUT2D eigenvalue weighted by molar-refractivity contribution is -0.759. The summed E-state index contributed by atoms with van der Waals surface area (Å²) >= 11 is 1.35. The molecule has 0 saturated carbocycles. The van der Waals surface area contributed by atoms with Crippen LogP contribution in [0.1, 0.15) is 11.7 Å². The normalized spacial score (nSPS) is 14.6. The van der Waals surface area contributed by atoms with Crippen LogP contribution in [0, 0.1) is 0 Å². The van der Waals surface area contributed by atoms with Crippen molar-refractivity contribution < 1.29 is 19.3 Å². The van der Waals surface area contributed by atoms with E-state index in [0.717, 1.165) is 16.8 Å². The molecule has 0 amide bonds. The van der Waals surface area contributed by atoms with Crippen molar-refractivity contribution in [2.45, 2.75) is 11.3 Å². The van der Waals surface area contributed by atoms with Gasteiger partial charge in [-0.3, -0.25) is 9.78 Å². The van der Waals surface area contributed by atoms with Gasteiger partial charge in [-0.15, -0.1) is 0 Å². The number of methoxy groups -OCH3 is 2. The Morgan fingerprint density at radius 3 is 2.50 bits per heavy atom. The predicted octanol–water partition coefficient (Wildman–Crippen LogP) is 2.14. The third-order valence-electron chi connectivity index (χ3n) is 4.59. The first kappa shape index (κ1) is 18.2. The molecule has 0 radical (unpaired) electrons. The number of hydrogen-bond donors (Lipinski definition) is 3. The Labute approximate surface area is 165 Å². The molecule has 9 heteroatoms. The van der Waals surface area contributed by atoms with Crippen molar-refractivity contribution >= 4 is 17.4 Å². The largest absolute Gasteiger partial charge is 0.502 e. The third kappa shape index (κ3) is 2.84. The van der Waals surface area contributed by atoms with E-state index in [1.54, 1.807) is 16.8 Å². The molecule has 1 aliphatic heterocycles. The molecule has 3 aromatic rings. The first-order valence-electron chi connectivity index (χ1n) is 8.48. The summed E-state index contributed by atoms with van der Waals surface area (Å²) in [5.41, 5.74) is 2.51. The van der Waals surface area contributed by atoms with Crippen LogP contribution in [0.4, 0.5) is 5.69 Å². The lowest BCUT2D eigenvalue weighted by atomic mass is 10.0. The van der Waals surface area contributed by atoms with Crippen LogP contribution in [0.5, 0.6) is 17.2 Å². The summed E-state index contributed by atoms with van der Waals surface area (Å²) in [5.74, 6) is 0.457. The van der Waals surface area contributed by atoms with Crippen LogP contribution >= 0.6 is 11.8 Å². The molecular weight excluding hydrogens is 380 g/mol. The number of anilines is 1. The summed E-state index contributed by atoms with van der Waals surface area (Å²) in [5, 5.41) is 18.8. The number of phenols is 1. The Morgan fingerprint density at radius 1 is 1.18 bits per heavy atom. The summed E-state index contributed by atoms with van der Waals surface area (Å²) in [4.78, 5) is 15.6. The SMILES string of the molecule is COc1cc([C@@H]2Nc3ccccc3-c3c(=O)[nH]c(SC)n[n+]32)cc(OC)c1O. The summed E-state index contributed by atoms with van der Waals surface area (Å²) in [6, 6.07) is 10.9. The van der Waals surface area contributed by atoms with Gasteiger partial charge < -0.3 is 19.9 Å². The molecule has 0 bridgehead atoms. The summed E-state index contributed by atoms with van der Waals surface area (Å²) in [7, 11) is 2.94. The van der Waals surface area contributed by atoms with Crippen molar-refractivity contribution in [3.63, 3.8) is 0 Å². The van der Waals surface area contributed by atoms with Gasteiger partial charge in [-0.05, 0) is 35.2 Å². The predicted molar refractivity (Wildman–Crippen MR) is 105 cm³/mol. The summed E-state index contributed by atoms with van der Waals surface area (Å²) in [6.07, 6.45) is 1.35. The van der Waals surface area contributed by atoms with Crippen LogP contribution in [0.2, 0.25) is 0 Å². The maximum Gasteiger partial charge on any atom is 0.325 e. The maximum atomic E-state index is 12.8.